The number of piperidine rings is 1. The second-order valence-corrected chi connectivity index (χ2v) is 8.30. The maximum Gasteiger partial charge on any atom is 0.248 e. The van der Waals surface area contributed by atoms with Crippen molar-refractivity contribution in [1.29, 1.82) is 0 Å². The lowest BCUT2D eigenvalue weighted by Gasteiger charge is -2.36. The predicted molar refractivity (Wildman–Crippen MR) is 94.2 cm³/mol. The molecule has 2 aliphatic rings. The molecule has 0 aromatic carbocycles. The van der Waals surface area contributed by atoms with Crippen molar-refractivity contribution in [1.82, 2.24) is 19.7 Å². The summed E-state index contributed by atoms with van der Waals surface area (Å²) in [6.07, 6.45) is 1.92. The second-order valence-electron chi connectivity index (χ2n) is 6.43. The zero-order valence-electron chi connectivity index (χ0n) is 14.5. The number of sulfonamides is 1. The molecule has 0 aliphatic carbocycles. The third-order valence-corrected chi connectivity index (χ3v) is 6.91. The number of amides is 1. The van der Waals surface area contributed by atoms with E-state index in [-0.39, 0.29) is 29.1 Å². The van der Waals surface area contributed by atoms with Crippen LogP contribution in [-0.2, 0) is 14.8 Å². The average molecular weight is 393 g/mol. The van der Waals surface area contributed by atoms with Gasteiger partial charge in [-0.05, 0) is 33.2 Å². The van der Waals surface area contributed by atoms with E-state index in [9.17, 15) is 13.2 Å². The van der Waals surface area contributed by atoms with Crippen LogP contribution in [0.2, 0.25) is 0 Å². The second kappa shape index (κ2) is 8.03. The van der Waals surface area contributed by atoms with E-state index < -0.39 is 10.0 Å². The topological polar surface area (TPSA) is 95.8 Å². The molecule has 1 atom stereocenters. The van der Waals surface area contributed by atoms with Crippen LogP contribution in [0.5, 0.6) is 0 Å². The predicted octanol–water partition coefficient (Wildman–Crippen LogP) is 0.546. The summed E-state index contributed by atoms with van der Waals surface area (Å²) in [6, 6.07) is 0. The van der Waals surface area contributed by atoms with Crippen molar-refractivity contribution in [2.75, 3.05) is 39.3 Å². The molecule has 0 radical (unpaired) electrons. The van der Waals surface area contributed by atoms with Crippen molar-refractivity contribution in [3.63, 3.8) is 0 Å². The third-order valence-electron chi connectivity index (χ3n) is 4.76. The fraction of sp³-hybridized carbons (Fsp3) is 0.733. The summed E-state index contributed by atoms with van der Waals surface area (Å²) >= 11 is 0. The van der Waals surface area contributed by atoms with Crippen LogP contribution >= 0.6 is 12.4 Å². The molecule has 2 fully saturated rings. The van der Waals surface area contributed by atoms with E-state index in [4.69, 9.17) is 4.52 Å². The van der Waals surface area contributed by atoms with Crippen molar-refractivity contribution >= 4 is 28.3 Å². The summed E-state index contributed by atoms with van der Waals surface area (Å²) in [4.78, 5) is 14.5. The number of hydrogen-bond acceptors (Lipinski definition) is 6. The first-order chi connectivity index (χ1) is 11.4. The lowest BCUT2D eigenvalue weighted by molar-refractivity contribution is -0.137. The maximum atomic E-state index is 12.8. The molecule has 1 unspecified atom stereocenters. The Kier molecular flexibility index (Phi) is 6.47. The van der Waals surface area contributed by atoms with Gasteiger partial charge in [0.1, 0.15) is 10.6 Å². The highest BCUT2D eigenvalue weighted by atomic mass is 35.5. The molecule has 0 saturated carbocycles. The standard InChI is InChI=1S/C15H24N4O4S.ClH/c1-11-14(12(2)23-17-11)24(21,22)19-8-6-18(7-9-19)15(20)13-4-3-5-16-10-13;/h13,16H,3-10H2,1-2H3;1H. The van der Waals surface area contributed by atoms with Crippen molar-refractivity contribution in [3.05, 3.63) is 11.5 Å². The Morgan fingerprint density at radius 1 is 1.24 bits per heavy atom. The van der Waals surface area contributed by atoms with Gasteiger partial charge in [-0.25, -0.2) is 8.42 Å². The largest absolute Gasteiger partial charge is 0.360 e. The third kappa shape index (κ3) is 3.99. The van der Waals surface area contributed by atoms with E-state index in [0.29, 0.717) is 37.6 Å². The van der Waals surface area contributed by atoms with E-state index in [1.54, 1.807) is 18.7 Å². The van der Waals surface area contributed by atoms with E-state index in [0.717, 1.165) is 25.9 Å². The molecule has 0 bridgehead atoms. The van der Waals surface area contributed by atoms with Crippen LogP contribution in [0, 0.1) is 19.8 Å². The highest BCUT2D eigenvalue weighted by molar-refractivity contribution is 7.89. The van der Waals surface area contributed by atoms with Crippen LogP contribution < -0.4 is 5.32 Å². The zero-order valence-corrected chi connectivity index (χ0v) is 16.2. The van der Waals surface area contributed by atoms with Gasteiger partial charge < -0.3 is 14.7 Å². The number of carbonyl (C=O) groups is 1. The number of carbonyl (C=O) groups excluding carboxylic acids is 1. The molecule has 0 spiro atoms. The Labute approximate surface area is 154 Å². The molecule has 8 nitrogen and oxygen atoms in total. The molecule has 1 N–H and O–H groups in total. The number of halogens is 1. The zero-order chi connectivity index (χ0) is 17.3. The lowest BCUT2D eigenvalue weighted by Crippen LogP contribution is -2.53. The van der Waals surface area contributed by atoms with E-state index >= 15 is 0 Å². The van der Waals surface area contributed by atoms with Crippen molar-refractivity contribution in [2.45, 2.75) is 31.6 Å². The molecule has 3 rings (SSSR count). The van der Waals surface area contributed by atoms with Crippen molar-refractivity contribution < 1.29 is 17.7 Å². The van der Waals surface area contributed by atoms with Gasteiger partial charge in [0.25, 0.3) is 0 Å². The maximum absolute atomic E-state index is 12.8. The van der Waals surface area contributed by atoms with Crippen molar-refractivity contribution in [2.24, 2.45) is 5.92 Å². The first-order valence-electron chi connectivity index (χ1n) is 8.34. The highest BCUT2D eigenvalue weighted by Crippen LogP contribution is 2.24. The molecule has 1 aromatic heterocycles. The summed E-state index contributed by atoms with van der Waals surface area (Å²) in [5.41, 5.74) is 0.374. The summed E-state index contributed by atoms with van der Waals surface area (Å²) < 4.78 is 32.0. The van der Waals surface area contributed by atoms with E-state index in [1.165, 1.54) is 4.31 Å². The minimum absolute atomic E-state index is 0. The van der Waals surface area contributed by atoms with Crippen LogP contribution in [-0.4, -0.2) is 68.0 Å². The molecule has 2 saturated heterocycles. The van der Waals surface area contributed by atoms with Gasteiger partial charge in [-0.15, -0.1) is 12.4 Å². The molecule has 1 amide bonds. The number of piperazine rings is 1. The summed E-state index contributed by atoms with van der Waals surface area (Å²) in [5.74, 6) is 0.459. The number of nitrogens with zero attached hydrogens (tertiary/aromatic N) is 3. The number of rotatable bonds is 3. The molecule has 10 heteroatoms. The quantitative estimate of drug-likeness (QED) is 0.806. The summed E-state index contributed by atoms with van der Waals surface area (Å²) in [7, 11) is -3.63. The fourth-order valence-electron chi connectivity index (χ4n) is 3.44. The number of nitrogens with one attached hydrogen (secondary N) is 1. The molecule has 3 heterocycles. The van der Waals surface area contributed by atoms with Gasteiger partial charge in [0.05, 0.1) is 5.92 Å². The number of hydrogen-bond donors (Lipinski definition) is 1. The molecule has 142 valence electrons. The first kappa shape index (κ1) is 20.2. The Hall–Kier alpha value is -1.16. The number of aromatic nitrogens is 1. The van der Waals surface area contributed by atoms with Gasteiger partial charge in [0.15, 0.2) is 5.76 Å². The molecular weight excluding hydrogens is 368 g/mol. The van der Waals surface area contributed by atoms with Crippen LogP contribution in [0.15, 0.2) is 9.42 Å². The average Bonchev–Trinajstić information content (AvgIpc) is 2.94. The fourth-order valence-corrected chi connectivity index (χ4v) is 5.15. The smallest absolute Gasteiger partial charge is 0.248 e. The summed E-state index contributed by atoms with van der Waals surface area (Å²) in [5, 5.41) is 6.98. The first-order valence-corrected chi connectivity index (χ1v) is 9.78. The molecule has 25 heavy (non-hydrogen) atoms. The Balaban J connectivity index is 0.00000225. The van der Waals surface area contributed by atoms with E-state index in [1.807, 2.05) is 0 Å². The summed E-state index contributed by atoms with van der Waals surface area (Å²) in [6.45, 7) is 6.37. The molecular formula is C15H25ClN4O4S. The van der Waals surface area contributed by atoms with Gasteiger partial charge in [-0.3, -0.25) is 4.79 Å². The van der Waals surface area contributed by atoms with Gasteiger partial charge in [-0.1, -0.05) is 5.16 Å². The van der Waals surface area contributed by atoms with Gasteiger partial charge in [0.2, 0.25) is 15.9 Å². The lowest BCUT2D eigenvalue weighted by atomic mass is 9.98. The monoisotopic (exact) mass is 392 g/mol. The van der Waals surface area contributed by atoms with Gasteiger partial charge in [-0.2, -0.15) is 4.31 Å². The SMILES string of the molecule is Cc1noc(C)c1S(=O)(=O)N1CCN(C(=O)C2CCCNC2)CC1.Cl. The Morgan fingerprint density at radius 3 is 2.44 bits per heavy atom. The van der Waals surface area contributed by atoms with Crippen LogP contribution in [0.4, 0.5) is 0 Å². The highest BCUT2D eigenvalue weighted by Gasteiger charge is 2.35. The minimum atomic E-state index is -3.63. The Morgan fingerprint density at radius 2 is 1.92 bits per heavy atom. The molecule has 2 aliphatic heterocycles. The van der Waals surface area contributed by atoms with Crippen LogP contribution in [0.1, 0.15) is 24.3 Å². The Bertz CT molecular complexity index is 688. The number of aryl methyl sites for hydroxylation is 2. The van der Waals surface area contributed by atoms with Crippen molar-refractivity contribution in [3.8, 4) is 0 Å². The van der Waals surface area contributed by atoms with E-state index in [2.05, 4.69) is 10.5 Å². The minimum Gasteiger partial charge on any atom is -0.360 e. The van der Waals surface area contributed by atoms with Gasteiger partial charge in [0, 0.05) is 32.7 Å². The molecule has 1 aromatic rings. The normalized spacial score (nSPS) is 22.5. The van der Waals surface area contributed by atoms with Gasteiger partial charge >= 0.3 is 0 Å². The van der Waals surface area contributed by atoms with Crippen LogP contribution in [0.3, 0.4) is 0 Å². The van der Waals surface area contributed by atoms with Crippen LogP contribution in [0.25, 0.3) is 0 Å².